The third-order valence-electron chi connectivity index (χ3n) is 3.58. The highest BCUT2D eigenvalue weighted by atomic mass is 16.4. The first-order valence-electron chi connectivity index (χ1n) is 6.92. The van der Waals surface area contributed by atoms with Gasteiger partial charge >= 0.3 is 5.97 Å². The number of benzene rings is 2. The molecule has 0 spiro atoms. The minimum absolute atomic E-state index is 0.276. The first-order valence-corrected chi connectivity index (χ1v) is 6.92. The predicted octanol–water partition coefficient (Wildman–Crippen LogP) is 3.59. The Kier molecular flexibility index (Phi) is 3.22. The Balaban J connectivity index is 2.29. The number of hydrogen-bond donors (Lipinski definition) is 1. The molecule has 0 amide bonds. The van der Waals surface area contributed by atoms with E-state index in [2.05, 4.69) is 4.98 Å². The first-order chi connectivity index (χ1) is 10.1. The van der Waals surface area contributed by atoms with E-state index in [-0.39, 0.29) is 5.56 Å². The third-order valence-corrected chi connectivity index (χ3v) is 3.58. The van der Waals surface area contributed by atoms with Crippen molar-refractivity contribution in [1.29, 1.82) is 0 Å². The van der Waals surface area contributed by atoms with Crippen LogP contribution in [0.3, 0.4) is 0 Å². The Bertz CT molecular complexity index is 817. The molecule has 0 bridgehead atoms. The van der Waals surface area contributed by atoms with E-state index in [1.165, 1.54) is 5.56 Å². The van der Waals surface area contributed by atoms with Crippen molar-refractivity contribution in [3.05, 3.63) is 59.4 Å². The van der Waals surface area contributed by atoms with E-state index in [9.17, 15) is 9.90 Å². The molecule has 4 heteroatoms. The molecule has 1 heterocycles. The molecule has 1 aromatic heterocycles. The van der Waals surface area contributed by atoms with E-state index in [4.69, 9.17) is 0 Å². The van der Waals surface area contributed by atoms with Crippen LogP contribution in [0.1, 0.15) is 28.7 Å². The molecular formula is C17H16N2O2. The average Bonchev–Trinajstić information content (AvgIpc) is 2.85. The molecule has 0 atom stereocenters. The highest BCUT2D eigenvalue weighted by Crippen LogP contribution is 2.23. The Morgan fingerprint density at radius 2 is 1.90 bits per heavy atom. The van der Waals surface area contributed by atoms with E-state index in [1.54, 1.807) is 18.2 Å². The van der Waals surface area contributed by atoms with Crippen molar-refractivity contribution >= 4 is 17.0 Å². The number of nitrogens with zero attached hydrogens (tertiary/aromatic N) is 2. The molecule has 21 heavy (non-hydrogen) atoms. The lowest BCUT2D eigenvalue weighted by Gasteiger charge is -2.09. The maximum Gasteiger partial charge on any atom is 0.335 e. The Morgan fingerprint density at radius 3 is 2.52 bits per heavy atom. The SMILES string of the molecule is CCc1nc2ccc(C(=O)O)cc2n1-c1ccc(C)cc1. The molecule has 0 aliphatic rings. The number of aromatic carboxylic acids is 1. The molecule has 106 valence electrons. The summed E-state index contributed by atoms with van der Waals surface area (Å²) in [7, 11) is 0. The molecule has 3 aromatic rings. The van der Waals surface area contributed by atoms with Gasteiger partial charge in [-0.25, -0.2) is 9.78 Å². The monoisotopic (exact) mass is 280 g/mol. The van der Waals surface area contributed by atoms with Gasteiger partial charge in [-0.2, -0.15) is 0 Å². The predicted molar refractivity (Wildman–Crippen MR) is 82.1 cm³/mol. The van der Waals surface area contributed by atoms with Gasteiger partial charge in [0.15, 0.2) is 0 Å². The molecule has 1 N–H and O–H groups in total. The summed E-state index contributed by atoms with van der Waals surface area (Å²) in [5, 5.41) is 9.18. The number of fused-ring (bicyclic) bond motifs is 1. The second kappa shape index (κ2) is 5.05. The minimum Gasteiger partial charge on any atom is -0.478 e. The van der Waals surface area contributed by atoms with Crippen molar-refractivity contribution in [2.45, 2.75) is 20.3 Å². The van der Waals surface area contributed by atoms with E-state index >= 15 is 0 Å². The molecule has 2 aromatic carbocycles. The number of carbonyl (C=O) groups is 1. The summed E-state index contributed by atoms with van der Waals surface area (Å²) in [6.07, 6.45) is 0.783. The number of aromatic nitrogens is 2. The Labute approximate surface area is 122 Å². The number of carboxylic acids is 1. The second-order valence-electron chi connectivity index (χ2n) is 5.06. The fourth-order valence-electron chi connectivity index (χ4n) is 2.48. The van der Waals surface area contributed by atoms with Gasteiger partial charge in [0.1, 0.15) is 5.82 Å². The van der Waals surface area contributed by atoms with Gasteiger partial charge in [0.05, 0.1) is 16.6 Å². The molecule has 0 aliphatic heterocycles. The zero-order valence-corrected chi connectivity index (χ0v) is 12.0. The third kappa shape index (κ3) is 2.29. The van der Waals surface area contributed by atoms with Crippen LogP contribution in [0.2, 0.25) is 0 Å². The van der Waals surface area contributed by atoms with Crippen molar-refractivity contribution in [1.82, 2.24) is 9.55 Å². The topological polar surface area (TPSA) is 55.1 Å². The molecule has 0 fully saturated rings. The average molecular weight is 280 g/mol. The van der Waals surface area contributed by atoms with E-state index in [1.807, 2.05) is 42.7 Å². The smallest absolute Gasteiger partial charge is 0.335 e. The van der Waals surface area contributed by atoms with Gasteiger partial charge in [-0.1, -0.05) is 24.6 Å². The lowest BCUT2D eigenvalue weighted by molar-refractivity contribution is 0.0697. The summed E-state index contributed by atoms with van der Waals surface area (Å²) in [6, 6.07) is 13.2. The quantitative estimate of drug-likeness (QED) is 0.797. The van der Waals surface area contributed by atoms with Crippen LogP contribution in [0.5, 0.6) is 0 Å². The van der Waals surface area contributed by atoms with E-state index in [0.717, 1.165) is 29.0 Å². The molecular weight excluding hydrogens is 264 g/mol. The second-order valence-corrected chi connectivity index (χ2v) is 5.06. The number of rotatable bonds is 3. The number of carboxylic acid groups (broad SMARTS) is 1. The van der Waals surface area contributed by atoms with Crippen LogP contribution in [-0.4, -0.2) is 20.6 Å². The summed E-state index contributed by atoms with van der Waals surface area (Å²) in [4.78, 5) is 15.8. The largest absolute Gasteiger partial charge is 0.478 e. The van der Waals surface area contributed by atoms with Crippen LogP contribution in [0.4, 0.5) is 0 Å². The van der Waals surface area contributed by atoms with Crippen molar-refractivity contribution in [3.63, 3.8) is 0 Å². The highest BCUT2D eigenvalue weighted by Gasteiger charge is 2.13. The van der Waals surface area contributed by atoms with Gasteiger partial charge in [0, 0.05) is 12.1 Å². The van der Waals surface area contributed by atoms with Crippen LogP contribution in [0.15, 0.2) is 42.5 Å². The number of hydrogen-bond acceptors (Lipinski definition) is 2. The lowest BCUT2D eigenvalue weighted by atomic mass is 10.2. The molecule has 4 nitrogen and oxygen atoms in total. The van der Waals surface area contributed by atoms with Gasteiger partial charge < -0.3 is 5.11 Å². The zero-order valence-electron chi connectivity index (χ0n) is 12.0. The summed E-state index contributed by atoms with van der Waals surface area (Å²) < 4.78 is 2.03. The van der Waals surface area contributed by atoms with Crippen LogP contribution in [-0.2, 0) is 6.42 Å². The summed E-state index contributed by atoms with van der Waals surface area (Å²) in [5.74, 6) is 0.00277. The molecule has 0 unspecified atom stereocenters. The normalized spacial score (nSPS) is 11.0. The molecule has 0 saturated carbocycles. The molecule has 3 rings (SSSR count). The molecule has 0 radical (unpaired) electrons. The zero-order chi connectivity index (χ0) is 15.0. The van der Waals surface area contributed by atoms with Crippen LogP contribution in [0, 0.1) is 6.92 Å². The summed E-state index contributed by atoms with van der Waals surface area (Å²) in [5.41, 5.74) is 4.11. The standard InChI is InChI=1S/C17H16N2O2/c1-3-16-18-14-9-6-12(17(20)21)10-15(14)19(16)13-7-4-11(2)5-8-13/h4-10H,3H2,1-2H3,(H,20,21). The Morgan fingerprint density at radius 1 is 1.19 bits per heavy atom. The maximum atomic E-state index is 11.2. The van der Waals surface area contributed by atoms with Crippen molar-refractivity contribution < 1.29 is 9.90 Å². The van der Waals surface area contributed by atoms with Crippen molar-refractivity contribution in [2.24, 2.45) is 0 Å². The first kappa shape index (κ1) is 13.4. The van der Waals surface area contributed by atoms with Crippen LogP contribution >= 0.6 is 0 Å². The maximum absolute atomic E-state index is 11.2. The van der Waals surface area contributed by atoms with Gasteiger partial charge in [-0.05, 0) is 37.3 Å². The summed E-state index contributed by atoms with van der Waals surface area (Å²) >= 11 is 0. The fourth-order valence-corrected chi connectivity index (χ4v) is 2.48. The lowest BCUT2D eigenvalue weighted by Crippen LogP contribution is -2.01. The fraction of sp³-hybridized carbons (Fsp3) is 0.176. The van der Waals surface area contributed by atoms with Crippen molar-refractivity contribution in [3.8, 4) is 5.69 Å². The van der Waals surface area contributed by atoms with Gasteiger partial charge in [-0.15, -0.1) is 0 Å². The molecule has 0 aliphatic carbocycles. The van der Waals surface area contributed by atoms with Gasteiger partial charge in [-0.3, -0.25) is 4.57 Å². The van der Waals surface area contributed by atoms with Crippen LogP contribution < -0.4 is 0 Å². The van der Waals surface area contributed by atoms with Crippen LogP contribution in [0.25, 0.3) is 16.7 Å². The van der Waals surface area contributed by atoms with E-state index in [0.29, 0.717) is 0 Å². The highest BCUT2D eigenvalue weighted by molar-refractivity contribution is 5.93. The number of imidazole rings is 1. The van der Waals surface area contributed by atoms with E-state index < -0.39 is 5.97 Å². The Hall–Kier alpha value is -2.62. The van der Waals surface area contributed by atoms with Gasteiger partial charge in [0.2, 0.25) is 0 Å². The van der Waals surface area contributed by atoms with Gasteiger partial charge in [0.25, 0.3) is 0 Å². The molecule has 0 saturated heterocycles. The number of aryl methyl sites for hydroxylation is 2. The minimum atomic E-state index is -0.924. The van der Waals surface area contributed by atoms with Crippen molar-refractivity contribution in [2.75, 3.05) is 0 Å². The summed E-state index contributed by atoms with van der Waals surface area (Å²) in [6.45, 7) is 4.09.